The summed E-state index contributed by atoms with van der Waals surface area (Å²) < 4.78 is 0. The molecule has 1 aromatic rings. The number of hydrogen-bond donors (Lipinski definition) is 0. The molecule has 1 aliphatic heterocycles. The molecule has 126 valence electrons. The van der Waals surface area contributed by atoms with Gasteiger partial charge in [0, 0.05) is 28.5 Å². The molecule has 3 saturated carbocycles. The van der Waals surface area contributed by atoms with E-state index in [1.54, 1.807) is 0 Å². The molecule has 0 radical (unpaired) electrons. The van der Waals surface area contributed by atoms with Crippen molar-refractivity contribution >= 4 is 17.4 Å². The average Bonchev–Trinajstić information content (AvgIpc) is 3.16. The highest BCUT2D eigenvalue weighted by atomic mass is 35.5. The van der Waals surface area contributed by atoms with Crippen molar-refractivity contribution in [3.63, 3.8) is 0 Å². The van der Waals surface area contributed by atoms with E-state index in [9.17, 15) is 4.79 Å². The maximum Gasteiger partial charge on any atom is 0.164 e. The molecule has 0 amide bonds. The monoisotopic (exact) mass is 341 g/mol. The van der Waals surface area contributed by atoms with Gasteiger partial charge in [-0.15, -0.1) is 0 Å². The van der Waals surface area contributed by atoms with E-state index in [0.717, 1.165) is 46.7 Å². The van der Waals surface area contributed by atoms with Crippen LogP contribution in [0.25, 0.3) is 0 Å². The van der Waals surface area contributed by atoms with Gasteiger partial charge in [-0.1, -0.05) is 11.6 Å². The Hall–Kier alpha value is -0.860. The molecule has 1 heterocycles. The first kappa shape index (κ1) is 14.3. The molecule has 4 aliphatic carbocycles. The molecule has 0 N–H and O–H groups in total. The predicted molar refractivity (Wildman–Crippen MR) is 94.6 cm³/mol. The maximum atomic E-state index is 12.5. The Kier molecular flexibility index (Phi) is 2.66. The topological polar surface area (TPSA) is 20.3 Å². The molecule has 4 atom stereocenters. The molecule has 3 heteroatoms. The molecule has 24 heavy (non-hydrogen) atoms. The van der Waals surface area contributed by atoms with E-state index >= 15 is 0 Å². The van der Waals surface area contributed by atoms with Gasteiger partial charge in [-0.3, -0.25) is 4.79 Å². The normalized spacial score (nSPS) is 41.7. The summed E-state index contributed by atoms with van der Waals surface area (Å²) in [6.07, 6.45) is 8.95. The second kappa shape index (κ2) is 4.45. The molecule has 1 aromatic carbocycles. The Morgan fingerprint density at radius 3 is 2.71 bits per heavy atom. The van der Waals surface area contributed by atoms with Gasteiger partial charge in [0.1, 0.15) is 0 Å². The van der Waals surface area contributed by atoms with Gasteiger partial charge in [0.2, 0.25) is 0 Å². The Morgan fingerprint density at radius 1 is 1.12 bits per heavy atom. The van der Waals surface area contributed by atoms with E-state index in [1.165, 1.54) is 44.3 Å². The van der Waals surface area contributed by atoms with E-state index in [-0.39, 0.29) is 5.41 Å². The first-order valence-corrected chi connectivity index (χ1v) is 10.1. The Morgan fingerprint density at radius 2 is 1.96 bits per heavy atom. The Labute approximate surface area is 148 Å². The number of carbonyl (C=O) groups excluding carboxylic acids is 1. The van der Waals surface area contributed by atoms with Crippen molar-refractivity contribution in [1.82, 2.24) is 4.90 Å². The second-order valence-electron chi connectivity index (χ2n) is 9.20. The molecule has 1 unspecified atom stereocenters. The lowest BCUT2D eigenvalue weighted by Crippen LogP contribution is -2.56. The SMILES string of the molecule is O=C1CC2(CCN([C@@H]3CC45C[C@H]4CC[C@@H]35)CC2)c2cc(Cl)ccc21. The highest BCUT2D eigenvalue weighted by Gasteiger charge is 2.71. The van der Waals surface area contributed by atoms with Crippen LogP contribution in [0.2, 0.25) is 5.02 Å². The summed E-state index contributed by atoms with van der Waals surface area (Å²) in [5.74, 6) is 2.43. The summed E-state index contributed by atoms with van der Waals surface area (Å²) in [4.78, 5) is 15.2. The van der Waals surface area contributed by atoms with Crippen molar-refractivity contribution < 1.29 is 4.79 Å². The summed E-state index contributed by atoms with van der Waals surface area (Å²) in [6, 6.07) is 6.74. The number of ketones is 1. The van der Waals surface area contributed by atoms with Crippen molar-refractivity contribution in [3.8, 4) is 0 Å². The fourth-order valence-corrected chi connectivity index (χ4v) is 7.24. The van der Waals surface area contributed by atoms with Crippen molar-refractivity contribution in [2.45, 2.75) is 56.4 Å². The molecule has 0 aromatic heterocycles. The number of Topliss-reactive ketones (excluding diaryl/α,β-unsaturated/α-hetero) is 1. The van der Waals surface area contributed by atoms with Crippen LogP contribution in [0.3, 0.4) is 0 Å². The van der Waals surface area contributed by atoms with Crippen LogP contribution in [-0.4, -0.2) is 29.8 Å². The number of rotatable bonds is 1. The maximum absolute atomic E-state index is 12.5. The van der Waals surface area contributed by atoms with Crippen molar-refractivity contribution in [1.29, 1.82) is 0 Å². The third kappa shape index (κ3) is 1.65. The molecule has 5 aliphatic rings. The lowest BCUT2D eigenvalue weighted by atomic mass is 9.65. The molecule has 4 fully saturated rings. The number of hydrogen-bond acceptors (Lipinski definition) is 2. The van der Waals surface area contributed by atoms with Gasteiger partial charge in [0.15, 0.2) is 5.78 Å². The summed E-state index contributed by atoms with van der Waals surface area (Å²) in [6.45, 7) is 2.34. The highest BCUT2D eigenvalue weighted by Crippen LogP contribution is 2.76. The van der Waals surface area contributed by atoms with Gasteiger partial charge in [0.25, 0.3) is 0 Å². The largest absolute Gasteiger partial charge is 0.300 e. The Bertz CT molecular complexity index is 748. The van der Waals surface area contributed by atoms with Crippen LogP contribution in [0.15, 0.2) is 18.2 Å². The lowest BCUT2D eigenvalue weighted by molar-refractivity contribution is -0.0249. The number of piperidine rings is 1. The van der Waals surface area contributed by atoms with Crippen LogP contribution in [0.1, 0.15) is 60.9 Å². The minimum atomic E-state index is 0.0764. The fourth-order valence-electron chi connectivity index (χ4n) is 7.07. The van der Waals surface area contributed by atoms with E-state index in [2.05, 4.69) is 11.0 Å². The number of likely N-dealkylation sites (tertiary alicyclic amines) is 1. The number of halogens is 1. The number of nitrogens with zero attached hydrogens (tertiary/aromatic N) is 1. The van der Waals surface area contributed by atoms with Crippen LogP contribution >= 0.6 is 11.6 Å². The molecule has 2 nitrogen and oxygen atoms in total. The van der Waals surface area contributed by atoms with Gasteiger partial charge >= 0.3 is 0 Å². The first-order valence-electron chi connectivity index (χ1n) is 9.69. The molecular weight excluding hydrogens is 318 g/mol. The molecule has 6 rings (SSSR count). The molecule has 0 bridgehead atoms. The smallest absolute Gasteiger partial charge is 0.164 e. The van der Waals surface area contributed by atoms with Crippen molar-refractivity contribution in [2.24, 2.45) is 17.3 Å². The zero-order valence-corrected chi connectivity index (χ0v) is 14.8. The van der Waals surface area contributed by atoms with E-state index in [0.29, 0.717) is 12.2 Å². The van der Waals surface area contributed by atoms with Gasteiger partial charge in [-0.25, -0.2) is 0 Å². The quantitative estimate of drug-likeness (QED) is 0.752. The average molecular weight is 342 g/mol. The Balaban J connectivity index is 1.23. The second-order valence-corrected chi connectivity index (χ2v) is 9.63. The molecular formula is C21H24ClNO. The standard InChI is InChI=1S/C21H24ClNO/c22-14-2-3-15-17(9-14)20(12-19(15)24)5-7-23(8-6-20)18-11-21-10-13(21)1-4-16(18)21/h2-3,9,13,16,18H,1,4-8,10-12H2/t13-,16+,18-,21?/m1/s1. The summed E-state index contributed by atoms with van der Waals surface area (Å²) >= 11 is 6.24. The predicted octanol–water partition coefficient (Wildman–Crippen LogP) is 4.45. The zero-order chi connectivity index (χ0) is 16.1. The molecule has 2 spiro atoms. The molecule has 1 saturated heterocycles. The van der Waals surface area contributed by atoms with Crippen molar-refractivity contribution in [2.75, 3.05) is 13.1 Å². The first-order chi connectivity index (χ1) is 11.6. The third-order valence-electron chi connectivity index (χ3n) is 8.47. The minimum absolute atomic E-state index is 0.0764. The minimum Gasteiger partial charge on any atom is -0.300 e. The van der Waals surface area contributed by atoms with Crippen LogP contribution in [-0.2, 0) is 5.41 Å². The summed E-state index contributed by atoms with van der Waals surface area (Å²) in [5.41, 5.74) is 3.07. The number of benzene rings is 1. The van der Waals surface area contributed by atoms with Gasteiger partial charge in [-0.05, 0) is 92.6 Å². The third-order valence-corrected chi connectivity index (χ3v) is 8.71. The van der Waals surface area contributed by atoms with Gasteiger partial charge in [0.05, 0.1) is 0 Å². The number of fused-ring (bicyclic) bond motifs is 2. The fraction of sp³-hybridized carbons (Fsp3) is 0.667. The lowest BCUT2D eigenvalue weighted by Gasteiger charge is -2.53. The van der Waals surface area contributed by atoms with Crippen molar-refractivity contribution in [3.05, 3.63) is 34.3 Å². The zero-order valence-electron chi connectivity index (χ0n) is 14.1. The van der Waals surface area contributed by atoms with E-state index in [1.807, 2.05) is 12.1 Å². The van der Waals surface area contributed by atoms with Gasteiger partial charge in [-0.2, -0.15) is 0 Å². The van der Waals surface area contributed by atoms with E-state index < -0.39 is 0 Å². The van der Waals surface area contributed by atoms with Crippen LogP contribution in [0, 0.1) is 17.3 Å². The van der Waals surface area contributed by atoms with E-state index in [4.69, 9.17) is 11.6 Å². The summed E-state index contributed by atoms with van der Waals surface area (Å²) in [7, 11) is 0. The van der Waals surface area contributed by atoms with Crippen LogP contribution in [0.4, 0.5) is 0 Å². The highest BCUT2D eigenvalue weighted by molar-refractivity contribution is 6.30. The number of carbonyl (C=O) groups is 1. The van der Waals surface area contributed by atoms with Gasteiger partial charge < -0.3 is 4.90 Å². The van der Waals surface area contributed by atoms with Crippen LogP contribution < -0.4 is 0 Å². The summed E-state index contributed by atoms with van der Waals surface area (Å²) in [5, 5.41) is 0.775. The van der Waals surface area contributed by atoms with Crippen LogP contribution in [0.5, 0.6) is 0 Å².